The lowest BCUT2D eigenvalue weighted by molar-refractivity contribution is 0.102. The minimum Gasteiger partial charge on any atom is -0.307 e. The van der Waals surface area contributed by atoms with Crippen molar-refractivity contribution in [2.24, 2.45) is 5.92 Å². The number of nitrogens with zero attached hydrogens (tertiary/aromatic N) is 3. The summed E-state index contributed by atoms with van der Waals surface area (Å²) in [5.74, 6) is 0.834. The lowest BCUT2D eigenvalue weighted by atomic mass is 10.2. The highest BCUT2D eigenvalue weighted by Gasteiger charge is 2.26. The van der Waals surface area contributed by atoms with Crippen LogP contribution in [0.1, 0.15) is 28.8 Å². The monoisotopic (exact) mass is 484 g/mol. The van der Waals surface area contributed by atoms with Crippen LogP contribution in [0.2, 0.25) is 5.02 Å². The molecule has 7 nitrogen and oxygen atoms in total. The maximum absolute atomic E-state index is 13.4. The van der Waals surface area contributed by atoms with Crippen LogP contribution in [0.3, 0.4) is 0 Å². The highest BCUT2D eigenvalue weighted by molar-refractivity contribution is 7.92. The Morgan fingerprint density at radius 1 is 1.27 bits per heavy atom. The fraction of sp³-hybridized carbons (Fsp3) is 0.250. The molecule has 1 aliphatic carbocycles. The standard InChI is InChI=1S/C24H25ClN4O3S/c1-3-13-29(21-11-9-20(25)10-12-21)33(31,32)22-6-4-5-19(14-22)24(30)27-23-17(2)15-26-28(23)16-18-7-8-18/h3-6,9-12,14-15,18H,1,7-8,13,16H2,2H3,(H,27,30). The van der Waals surface area contributed by atoms with Crippen molar-refractivity contribution in [3.05, 3.63) is 83.5 Å². The molecule has 1 amide bonds. The van der Waals surface area contributed by atoms with Gasteiger partial charge in [0.2, 0.25) is 0 Å². The number of carbonyl (C=O) groups excluding carboxylic acids is 1. The molecule has 1 aromatic heterocycles. The predicted octanol–water partition coefficient (Wildman–Crippen LogP) is 4.89. The first-order valence-corrected chi connectivity index (χ1v) is 12.4. The number of carbonyl (C=O) groups is 1. The maximum atomic E-state index is 13.4. The summed E-state index contributed by atoms with van der Waals surface area (Å²) in [6.45, 7) is 6.38. The normalized spacial score (nSPS) is 13.5. The van der Waals surface area contributed by atoms with E-state index in [1.165, 1.54) is 35.4 Å². The molecular formula is C24H25ClN4O3S. The Morgan fingerprint density at radius 2 is 2.00 bits per heavy atom. The molecule has 1 aliphatic rings. The zero-order valence-corrected chi connectivity index (χ0v) is 19.8. The number of hydrogen-bond donors (Lipinski definition) is 1. The SMILES string of the molecule is C=CCN(c1ccc(Cl)cc1)S(=O)(=O)c1cccc(C(=O)Nc2c(C)cnn2CC2CC2)c1. The Labute approximate surface area is 198 Å². The van der Waals surface area contributed by atoms with E-state index in [0.717, 1.165) is 12.1 Å². The van der Waals surface area contributed by atoms with Gasteiger partial charge in [0.05, 0.1) is 23.3 Å². The molecule has 4 rings (SSSR count). The quantitative estimate of drug-likeness (QED) is 0.438. The van der Waals surface area contributed by atoms with Crippen molar-refractivity contribution < 1.29 is 13.2 Å². The van der Waals surface area contributed by atoms with Gasteiger partial charge >= 0.3 is 0 Å². The Kier molecular flexibility index (Phi) is 6.58. The van der Waals surface area contributed by atoms with E-state index in [9.17, 15) is 13.2 Å². The second kappa shape index (κ2) is 9.41. The average molecular weight is 485 g/mol. The van der Waals surface area contributed by atoms with Gasteiger partial charge in [-0.15, -0.1) is 6.58 Å². The fourth-order valence-electron chi connectivity index (χ4n) is 3.50. The molecule has 0 aliphatic heterocycles. The summed E-state index contributed by atoms with van der Waals surface area (Å²) < 4.78 is 29.9. The molecule has 1 N–H and O–H groups in total. The van der Waals surface area contributed by atoms with Crippen molar-refractivity contribution in [1.82, 2.24) is 9.78 Å². The molecule has 9 heteroatoms. The van der Waals surface area contributed by atoms with Gasteiger partial charge in [-0.25, -0.2) is 13.1 Å². The van der Waals surface area contributed by atoms with Crippen LogP contribution in [-0.4, -0.2) is 30.7 Å². The molecule has 0 bridgehead atoms. The van der Waals surface area contributed by atoms with E-state index < -0.39 is 15.9 Å². The van der Waals surface area contributed by atoms with Crippen molar-refractivity contribution in [1.29, 1.82) is 0 Å². The fourth-order valence-corrected chi connectivity index (χ4v) is 5.10. The number of aromatic nitrogens is 2. The second-order valence-corrected chi connectivity index (χ2v) is 10.4. The van der Waals surface area contributed by atoms with E-state index in [-0.39, 0.29) is 17.0 Å². The van der Waals surface area contributed by atoms with Gasteiger partial charge in [-0.2, -0.15) is 5.10 Å². The van der Waals surface area contributed by atoms with Crippen LogP contribution < -0.4 is 9.62 Å². The second-order valence-electron chi connectivity index (χ2n) is 8.08. The van der Waals surface area contributed by atoms with Crippen molar-refractivity contribution in [3.63, 3.8) is 0 Å². The summed E-state index contributed by atoms with van der Waals surface area (Å²) in [7, 11) is -3.95. The van der Waals surface area contributed by atoms with Crippen LogP contribution in [0, 0.1) is 12.8 Å². The summed E-state index contributed by atoms with van der Waals surface area (Å²) >= 11 is 5.95. The van der Waals surface area contributed by atoms with Crippen molar-refractivity contribution in [3.8, 4) is 0 Å². The van der Waals surface area contributed by atoms with Crippen LogP contribution in [-0.2, 0) is 16.6 Å². The third-order valence-electron chi connectivity index (χ3n) is 5.48. The van der Waals surface area contributed by atoms with Crippen LogP contribution >= 0.6 is 11.6 Å². The van der Waals surface area contributed by atoms with Gasteiger partial charge in [-0.1, -0.05) is 23.7 Å². The van der Waals surface area contributed by atoms with Gasteiger partial charge in [-0.05, 0) is 68.1 Å². The summed E-state index contributed by atoms with van der Waals surface area (Å²) in [5, 5.41) is 7.77. The van der Waals surface area contributed by atoms with Crippen LogP contribution in [0.5, 0.6) is 0 Å². The molecule has 172 valence electrons. The van der Waals surface area contributed by atoms with E-state index in [2.05, 4.69) is 17.0 Å². The third-order valence-corrected chi connectivity index (χ3v) is 7.52. The number of amides is 1. The van der Waals surface area contributed by atoms with E-state index in [1.807, 2.05) is 6.92 Å². The minimum atomic E-state index is -3.95. The molecule has 0 radical (unpaired) electrons. The molecule has 0 spiro atoms. The van der Waals surface area contributed by atoms with E-state index in [0.29, 0.717) is 22.4 Å². The zero-order chi connectivity index (χ0) is 23.6. The smallest absolute Gasteiger partial charge is 0.264 e. The highest BCUT2D eigenvalue weighted by Crippen LogP contribution is 2.32. The topological polar surface area (TPSA) is 84.3 Å². The minimum absolute atomic E-state index is 0.00941. The third kappa shape index (κ3) is 5.12. The number of benzene rings is 2. The molecule has 0 unspecified atom stereocenters. The number of hydrogen-bond acceptors (Lipinski definition) is 4. The summed E-state index contributed by atoms with van der Waals surface area (Å²) in [6, 6.07) is 12.5. The molecule has 1 fully saturated rings. The Balaban J connectivity index is 1.61. The van der Waals surface area contributed by atoms with Gasteiger partial charge in [0.25, 0.3) is 15.9 Å². The van der Waals surface area contributed by atoms with Gasteiger partial charge < -0.3 is 5.32 Å². The maximum Gasteiger partial charge on any atom is 0.264 e. The number of rotatable bonds is 9. The molecule has 0 atom stereocenters. The highest BCUT2D eigenvalue weighted by atomic mass is 35.5. The first kappa shape index (κ1) is 23.1. The molecule has 0 saturated heterocycles. The largest absolute Gasteiger partial charge is 0.307 e. The van der Waals surface area contributed by atoms with Crippen LogP contribution in [0.15, 0.2) is 72.3 Å². The van der Waals surface area contributed by atoms with Crippen molar-refractivity contribution in [2.75, 3.05) is 16.2 Å². The molecule has 2 aromatic carbocycles. The lowest BCUT2D eigenvalue weighted by Crippen LogP contribution is -2.31. The number of anilines is 2. The first-order valence-electron chi connectivity index (χ1n) is 10.6. The van der Waals surface area contributed by atoms with Gasteiger partial charge in [0.15, 0.2) is 0 Å². The Morgan fingerprint density at radius 3 is 2.67 bits per heavy atom. The lowest BCUT2D eigenvalue weighted by Gasteiger charge is -2.23. The van der Waals surface area contributed by atoms with E-state index in [4.69, 9.17) is 11.6 Å². The van der Waals surface area contributed by atoms with Gasteiger partial charge in [0, 0.05) is 22.7 Å². The Hall–Kier alpha value is -3.10. The first-order chi connectivity index (χ1) is 15.8. The summed E-state index contributed by atoms with van der Waals surface area (Å²) in [6.07, 6.45) is 5.56. The Bertz CT molecular complexity index is 1280. The molecule has 33 heavy (non-hydrogen) atoms. The van der Waals surface area contributed by atoms with Crippen molar-refractivity contribution in [2.45, 2.75) is 31.2 Å². The van der Waals surface area contributed by atoms with Gasteiger partial charge in [-0.3, -0.25) is 9.10 Å². The van der Waals surface area contributed by atoms with E-state index in [1.54, 1.807) is 47.3 Å². The van der Waals surface area contributed by atoms with Gasteiger partial charge in [0.1, 0.15) is 5.82 Å². The van der Waals surface area contributed by atoms with Crippen LogP contribution in [0.4, 0.5) is 11.5 Å². The van der Waals surface area contributed by atoms with Crippen molar-refractivity contribution >= 4 is 39.0 Å². The van der Waals surface area contributed by atoms with Crippen LogP contribution in [0.25, 0.3) is 0 Å². The predicted molar refractivity (Wildman–Crippen MR) is 130 cm³/mol. The number of halogens is 1. The summed E-state index contributed by atoms with van der Waals surface area (Å²) in [5.41, 5.74) is 1.55. The summed E-state index contributed by atoms with van der Waals surface area (Å²) in [4.78, 5) is 13.0. The average Bonchev–Trinajstić information content (AvgIpc) is 3.57. The number of aryl methyl sites for hydroxylation is 1. The zero-order valence-electron chi connectivity index (χ0n) is 18.2. The number of nitrogens with one attached hydrogen (secondary N) is 1. The molecule has 1 saturated carbocycles. The molecule has 3 aromatic rings. The van der Waals surface area contributed by atoms with E-state index >= 15 is 0 Å². The molecule has 1 heterocycles. The number of sulfonamides is 1. The molecular weight excluding hydrogens is 460 g/mol.